The zero-order chi connectivity index (χ0) is 14.8. The Kier molecular flexibility index (Phi) is 4.95. The van der Waals surface area contributed by atoms with Gasteiger partial charge in [0.2, 0.25) is 5.91 Å². The maximum absolute atomic E-state index is 13.0. The quantitative estimate of drug-likeness (QED) is 0.647. The minimum Gasteiger partial charge on any atom is -0.325 e. The zero-order valence-corrected chi connectivity index (χ0v) is 11.8. The van der Waals surface area contributed by atoms with Crippen LogP contribution in [0.1, 0.15) is 19.4 Å². The smallest absolute Gasteiger partial charge is 0.325 e. The summed E-state index contributed by atoms with van der Waals surface area (Å²) in [5, 5.41) is 2.31. The number of hydrogen-bond acceptors (Lipinski definition) is 1. The van der Waals surface area contributed by atoms with Gasteiger partial charge in [0.1, 0.15) is 5.82 Å². The Hall–Kier alpha value is -1.11. The van der Waals surface area contributed by atoms with Gasteiger partial charge in [0, 0.05) is 5.69 Å². The van der Waals surface area contributed by atoms with Crippen molar-refractivity contribution in [2.24, 2.45) is 5.92 Å². The minimum absolute atomic E-state index is 0.0254. The highest BCUT2D eigenvalue weighted by atomic mass is 79.9. The lowest BCUT2D eigenvalue weighted by Crippen LogP contribution is -2.27. The number of anilines is 1. The third-order valence-corrected chi connectivity index (χ3v) is 3.85. The fourth-order valence-corrected chi connectivity index (χ4v) is 1.45. The summed E-state index contributed by atoms with van der Waals surface area (Å²) >= 11 is 3.13. The summed E-state index contributed by atoms with van der Waals surface area (Å²) in [6.07, 6.45) is -4.79. The van der Waals surface area contributed by atoms with Crippen molar-refractivity contribution in [1.29, 1.82) is 0 Å². The van der Waals surface area contributed by atoms with E-state index in [0.717, 1.165) is 6.07 Å². The fraction of sp³-hybridized carbons (Fsp3) is 0.417. The molecule has 1 atom stereocenters. The number of nitrogens with one attached hydrogen (secondary N) is 1. The second-order valence-corrected chi connectivity index (χ2v) is 5.31. The third-order valence-electron chi connectivity index (χ3n) is 2.38. The highest BCUT2D eigenvalue weighted by Gasteiger charge is 2.34. The Balaban J connectivity index is 2.95. The average molecular weight is 342 g/mol. The Morgan fingerprint density at radius 2 is 1.89 bits per heavy atom. The molecule has 0 bridgehead atoms. The first-order chi connectivity index (χ1) is 8.62. The summed E-state index contributed by atoms with van der Waals surface area (Å²) in [7, 11) is 0. The van der Waals surface area contributed by atoms with Gasteiger partial charge in [-0.2, -0.15) is 13.2 Å². The molecule has 1 N–H and O–H groups in total. The molecule has 7 heteroatoms. The van der Waals surface area contributed by atoms with Gasteiger partial charge in [-0.3, -0.25) is 4.79 Å². The number of carbonyl (C=O) groups is 1. The van der Waals surface area contributed by atoms with Gasteiger partial charge in [-0.15, -0.1) is 0 Å². The Labute approximate surface area is 116 Å². The molecule has 0 heterocycles. The lowest BCUT2D eigenvalue weighted by atomic mass is 10.1. The molecule has 0 spiro atoms. The van der Waals surface area contributed by atoms with Gasteiger partial charge >= 0.3 is 6.18 Å². The summed E-state index contributed by atoms with van der Waals surface area (Å²) < 4.78 is 50.5. The largest absolute Gasteiger partial charge is 0.419 e. The van der Waals surface area contributed by atoms with Crippen LogP contribution in [0.3, 0.4) is 0 Å². The summed E-state index contributed by atoms with van der Waals surface area (Å²) in [4.78, 5) is 11.1. The number of halogens is 5. The van der Waals surface area contributed by atoms with E-state index in [1.54, 1.807) is 13.8 Å². The predicted molar refractivity (Wildman–Crippen MR) is 67.6 cm³/mol. The monoisotopic (exact) mass is 341 g/mol. The van der Waals surface area contributed by atoms with E-state index < -0.39 is 28.3 Å². The minimum atomic E-state index is -4.79. The molecule has 1 unspecified atom stereocenters. The highest BCUT2D eigenvalue weighted by Crippen LogP contribution is 2.33. The predicted octanol–water partition coefficient (Wildman–Crippen LogP) is 4.20. The molecule has 1 rings (SSSR count). The van der Waals surface area contributed by atoms with Crippen LogP contribution >= 0.6 is 15.9 Å². The van der Waals surface area contributed by atoms with Crippen LogP contribution in [0.25, 0.3) is 0 Å². The van der Waals surface area contributed by atoms with Crippen LogP contribution < -0.4 is 5.32 Å². The maximum Gasteiger partial charge on any atom is 0.419 e. The molecule has 0 aromatic heterocycles. The normalized spacial score (nSPS) is 13.5. The average Bonchev–Trinajstić information content (AvgIpc) is 2.28. The summed E-state index contributed by atoms with van der Waals surface area (Å²) in [5.41, 5.74) is -1.50. The second kappa shape index (κ2) is 5.90. The van der Waals surface area contributed by atoms with Crippen molar-refractivity contribution in [3.05, 3.63) is 29.6 Å². The third kappa shape index (κ3) is 4.19. The maximum atomic E-state index is 13.0. The van der Waals surface area contributed by atoms with E-state index in [2.05, 4.69) is 21.2 Å². The molecule has 0 fully saturated rings. The van der Waals surface area contributed by atoms with E-state index in [0.29, 0.717) is 12.1 Å². The summed E-state index contributed by atoms with van der Waals surface area (Å²) in [6.45, 7) is 3.57. The Morgan fingerprint density at radius 3 is 2.37 bits per heavy atom. The summed E-state index contributed by atoms with van der Waals surface area (Å²) in [6, 6.07) is 2.34. The molecule has 0 saturated heterocycles. The molecule has 1 aromatic carbocycles. The van der Waals surface area contributed by atoms with E-state index in [-0.39, 0.29) is 11.6 Å². The van der Waals surface area contributed by atoms with Crippen molar-refractivity contribution in [2.45, 2.75) is 24.9 Å². The Morgan fingerprint density at radius 1 is 1.32 bits per heavy atom. The van der Waals surface area contributed by atoms with Crippen molar-refractivity contribution >= 4 is 27.5 Å². The van der Waals surface area contributed by atoms with Crippen molar-refractivity contribution in [3.63, 3.8) is 0 Å². The van der Waals surface area contributed by atoms with Crippen LogP contribution in [0.4, 0.5) is 23.2 Å². The lowest BCUT2D eigenvalue weighted by molar-refractivity contribution is -0.140. The van der Waals surface area contributed by atoms with Crippen LogP contribution in [0, 0.1) is 11.7 Å². The standard InChI is InChI=1S/C12H12BrF4NO/c1-6(2)10(13)11(19)18-7-3-4-9(14)8(5-7)12(15,16)17/h3-6,10H,1-2H3,(H,18,19). The number of hydrogen-bond donors (Lipinski definition) is 1. The molecule has 106 valence electrons. The van der Waals surface area contributed by atoms with E-state index in [1.807, 2.05) is 0 Å². The SMILES string of the molecule is CC(C)C(Br)C(=O)Nc1ccc(F)c(C(F)(F)F)c1. The van der Waals surface area contributed by atoms with E-state index in [1.165, 1.54) is 0 Å². The van der Waals surface area contributed by atoms with E-state index >= 15 is 0 Å². The zero-order valence-electron chi connectivity index (χ0n) is 10.2. The molecule has 0 radical (unpaired) electrons. The van der Waals surface area contributed by atoms with Gasteiger partial charge in [0.05, 0.1) is 10.4 Å². The molecule has 19 heavy (non-hydrogen) atoms. The first-order valence-corrected chi connectivity index (χ1v) is 6.36. The van der Waals surface area contributed by atoms with Crippen LogP contribution in [0.2, 0.25) is 0 Å². The van der Waals surface area contributed by atoms with Crippen molar-refractivity contribution < 1.29 is 22.4 Å². The highest BCUT2D eigenvalue weighted by molar-refractivity contribution is 9.10. The van der Waals surface area contributed by atoms with Crippen LogP contribution in [0.5, 0.6) is 0 Å². The molecule has 2 nitrogen and oxygen atoms in total. The summed E-state index contributed by atoms with van der Waals surface area (Å²) in [5.74, 6) is -1.87. The number of alkyl halides is 4. The molecule has 1 amide bonds. The van der Waals surface area contributed by atoms with E-state index in [4.69, 9.17) is 0 Å². The fourth-order valence-electron chi connectivity index (χ4n) is 1.33. The van der Waals surface area contributed by atoms with Gasteiger partial charge in [-0.1, -0.05) is 29.8 Å². The van der Waals surface area contributed by atoms with E-state index in [9.17, 15) is 22.4 Å². The number of carbonyl (C=O) groups excluding carboxylic acids is 1. The van der Waals surface area contributed by atoms with Gasteiger partial charge in [0.15, 0.2) is 0 Å². The number of rotatable bonds is 3. The molecular weight excluding hydrogens is 330 g/mol. The topological polar surface area (TPSA) is 29.1 Å². The molecule has 0 aliphatic rings. The van der Waals surface area contributed by atoms with Gasteiger partial charge in [0.25, 0.3) is 0 Å². The van der Waals surface area contributed by atoms with Crippen molar-refractivity contribution in [2.75, 3.05) is 5.32 Å². The molecule has 0 aliphatic heterocycles. The van der Waals surface area contributed by atoms with Crippen molar-refractivity contribution in [1.82, 2.24) is 0 Å². The molecule has 0 aliphatic carbocycles. The van der Waals surface area contributed by atoms with Gasteiger partial charge in [-0.05, 0) is 24.1 Å². The van der Waals surface area contributed by atoms with Crippen LogP contribution in [-0.4, -0.2) is 10.7 Å². The molecule has 0 saturated carbocycles. The molecular formula is C12H12BrF4NO. The lowest BCUT2D eigenvalue weighted by Gasteiger charge is -2.15. The number of amides is 1. The van der Waals surface area contributed by atoms with Crippen molar-refractivity contribution in [3.8, 4) is 0 Å². The molecule has 1 aromatic rings. The number of benzene rings is 1. The Bertz CT molecular complexity index is 473. The first-order valence-electron chi connectivity index (χ1n) is 5.44. The van der Waals surface area contributed by atoms with Gasteiger partial charge < -0.3 is 5.32 Å². The first kappa shape index (κ1) is 15.9. The van der Waals surface area contributed by atoms with Crippen LogP contribution in [-0.2, 0) is 11.0 Å². The second-order valence-electron chi connectivity index (χ2n) is 4.33. The van der Waals surface area contributed by atoms with Crippen LogP contribution in [0.15, 0.2) is 18.2 Å². The van der Waals surface area contributed by atoms with Gasteiger partial charge in [-0.25, -0.2) is 4.39 Å².